The number of sulfonamides is 1. The van der Waals surface area contributed by atoms with E-state index in [4.69, 9.17) is 4.52 Å². The molecule has 2 aromatic heterocycles. The van der Waals surface area contributed by atoms with Gasteiger partial charge in [-0.3, -0.25) is 4.79 Å². The first-order chi connectivity index (χ1) is 10.2. The summed E-state index contributed by atoms with van der Waals surface area (Å²) in [7, 11) is -3.66. The van der Waals surface area contributed by atoms with Crippen LogP contribution in [0, 0.1) is 0 Å². The van der Waals surface area contributed by atoms with E-state index in [0.29, 0.717) is 5.76 Å². The Labute approximate surface area is 132 Å². The van der Waals surface area contributed by atoms with E-state index in [9.17, 15) is 13.2 Å². The van der Waals surface area contributed by atoms with Gasteiger partial charge in [-0.1, -0.05) is 32.0 Å². The van der Waals surface area contributed by atoms with Crippen molar-refractivity contribution in [3.63, 3.8) is 0 Å². The van der Waals surface area contributed by atoms with Gasteiger partial charge in [0.05, 0.1) is 6.54 Å². The lowest BCUT2D eigenvalue weighted by Gasteiger charge is -2.12. The summed E-state index contributed by atoms with van der Waals surface area (Å²) in [5, 5.41) is 7.87. The van der Waals surface area contributed by atoms with Gasteiger partial charge in [0.15, 0.2) is 5.82 Å². The van der Waals surface area contributed by atoms with Gasteiger partial charge in [0, 0.05) is 11.5 Å². The van der Waals surface area contributed by atoms with E-state index >= 15 is 0 Å². The minimum Gasteiger partial charge on any atom is -0.359 e. The molecule has 0 aliphatic carbocycles. The van der Waals surface area contributed by atoms with Crippen LogP contribution in [0.2, 0.25) is 0 Å². The molecule has 22 heavy (non-hydrogen) atoms. The van der Waals surface area contributed by atoms with Crippen molar-refractivity contribution in [2.24, 2.45) is 0 Å². The molecule has 0 spiro atoms. The average Bonchev–Trinajstić information content (AvgIpc) is 3.06. The third kappa shape index (κ3) is 4.15. The zero-order valence-corrected chi connectivity index (χ0v) is 14.0. The fourth-order valence-corrected chi connectivity index (χ4v) is 3.54. The van der Waals surface area contributed by atoms with Crippen LogP contribution in [0.1, 0.15) is 26.5 Å². The molecule has 7 nitrogen and oxygen atoms in total. The quantitative estimate of drug-likeness (QED) is 0.864. The van der Waals surface area contributed by atoms with E-state index in [-0.39, 0.29) is 22.0 Å². The second-order valence-electron chi connectivity index (χ2n) is 5.63. The van der Waals surface area contributed by atoms with E-state index in [1.54, 1.807) is 17.5 Å². The molecule has 2 heterocycles. The second-order valence-corrected chi connectivity index (χ2v) is 8.57. The van der Waals surface area contributed by atoms with Crippen molar-refractivity contribution in [3.8, 4) is 0 Å². The van der Waals surface area contributed by atoms with Crippen molar-refractivity contribution in [2.45, 2.75) is 30.4 Å². The summed E-state index contributed by atoms with van der Waals surface area (Å²) in [4.78, 5) is 11.8. The molecule has 120 valence electrons. The Morgan fingerprint density at radius 2 is 2.14 bits per heavy atom. The zero-order valence-electron chi connectivity index (χ0n) is 12.4. The Bertz CT molecular complexity index is 743. The highest BCUT2D eigenvalue weighted by molar-refractivity contribution is 7.91. The van der Waals surface area contributed by atoms with Crippen molar-refractivity contribution in [2.75, 3.05) is 11.9 Å². The maximum Gasteiger partial charge on any atom is 0.250 e. The molecule has 0 saturated carbocycles. The first-order valence-corrected chi connectivity index (χ1v) is 8.85. The van der Waals surface area contributed by atoms with Gasteiger partial charge in [-0.15, -0.1) is 11.3 Å². The molecule has 0 unspecified atom stereocenters. The lowest BCUT2D eigenvalue weighted by atomic mass is 9.93. The fourth-order valence-electron chi connectivity index (χ4n) is 1.52. The van der Waals surface area contributed by atoms with Crippen LogP contribution in [0.4, 0.5) is 5.82 Å². The van der Waals surface area contributed by atoms with E-state index in [1.807, 2.05) is 20.8 Å². The molecule has 2 aromatic rings. The van der Waals surface area contributed by atoms with Crippen molar-refractivity contribution >= 4 is 33.1 Å². The first-order valence-electron chi connectivity index (χ1n) is 6.49. The number of nitrogens with zero attached hydrogens (tertiary/aromatic N) is 1. The summed E-state index contributed by atoms with van der Waals surface area (Å²) in [6.45, 7) is 5.48. The molecular weight excluding hydrogens is 326 g/mol. The number of carbonyl (C=O) groups is 1. The van der Waals surface area contributed by atoms with Crippen molar-refractivity contribution in [1.29, 1.82) is 0 Å². The Balaban J connectivity index is 1.93. The smallest absolute Gasteiger partial charge is 0.250 e. The molecule has 0 aliphatic rings. The van der Waals surface area contributed by atoms with Crippen LogP contribution in [-0.2, 0) is 20.2 Å². The van der Waals surface area contributed by atoms with E-state index in [1.165, 1.54) is 6.07 Å². The lowest BCUT2D eigenvalue weighted by Crippen LogP contribution is -2.32. The lowest BCUT2D eigenvalue weighted by molar-refractivity contribution is -0.115. The van der Waals surface area contributed by atoms with Gasteiger partial charge < -0.3 is 9.84 Å². The van der Waals surface area contributed by atoms with Crippen molar-refractivity contribution < 1.29 is 17.7 Å². The number of anilines is 1. The van der Waals surface area contributed by atoms with Gasteiger partial charge in [-0.25, -0.2) is 13.1 Å². The molecule has 0 aromatic carbocycles. The van der Waals surface area contributed by atoms with Crippen LogP contribution in [0.15, 0.2) is 32.3 Å². The predicted octanol–water partition coefficient (Wildman–Crippen LogP) is 1.95. The number of hydrogen-bond donors (Lipinski definition) is 2. The summed E-state index contributed by atoms with van der Waals surface area (Å²) in [6, 6.07) is 4.71. The van der Waals surface area contributed by atoms with Crippen LogP contribution in [-0.4, -0.2) is 26.0 Å². The number of aromatic nitrogens is 1. The topological polar surface area (TPSA) is 101 Å². The van der Waals surface area contributed by atoms with Gasteiger partial charge in [-0.05, 0) is 11.4 Å². The normalized spacial score (nSPS) is 12.3. The second kappa shape index (κ2) is 6.19. The van der Waals surface area contributed by atoms with Gasteiger partial charge in [0.1, 0.15) is 9.97 Å². The van der Waals surface area contributed by atoms with Crippen LogP contribution >= 0.6 is 11.3 Å². The number of nitrogens with one attached hydrogen (secondary N) is 2. The van der Waals surface area contributed by atoms with Crippen LogP contribution in [0.3, 0.4) is 0 Å². The summed E-state index contributed by atoms with van der Waals surface area (Å²) < 4.78 is 31.3. The number of rotatable bonds is 5. The third-order valence-corrected chi connectivity index (χ3v) is 5.50. The molecule has 0 atom stereocenters. The monoisotopic (exact) mass is 343 g/mol. The summed E-state index contributed by atoms with van der Waals surface area (Å²) in [5.74, 6) is 0.362. The Morgan fingerprint density at radius 3 is 2.68 bits per heavy atom. The number of carbonyl (C=O) groups excluding carboxylic acids is 1. The van der Waals surface area contributed by atoms with Crippen molar-refractivity contribution in [1.82, 2.24) is 9.88 Å². The van der Waals surface area contributed by atoms with Crippen LogP contribution < -0.4 is 10.0 Å². The molecule has 0 saturated heterocycles. The number of amides is 1. The molecule has 2 N–H and O–H groups in total. The van der Waals surface area contributed by atoms with E-state index in [2.05, 4.69) is 15.2 Å². The standard InChI is InChI=1S/C13H17N3O4S2/c1-13(2,3)9-7-10(16-20-9)15-11(17)8-14-22(18,19)12-5-4-6-21-12/h4-7,14H,8H2,1-3H3,(H,15,16,17). The summed E-state index contributed by atoms with van der Waals surface area (Å²) >= 11 is 1.08. The molecular formula is C13H17N3O4S2. The number of hydrogen-bond acceptors (Lipinski definition) is 6. The van der Waals surface area contributed by atoms with Gasteiger partial charge in [0.25, 0.3) is 10.0 Å². The maximum atomic E-state index is 11.9. The molecule has 9 heteroatoms. The van der Waals surface area contributed by atoms with Crippen LogP contribution in [0.25, 0.3) is 0 Å². The SMILES string of the molecule is CC(C)(C)c1cc(NC(=O)CNS(=O)(=O)c2cccs2)no1. The molecule has 0 bridgehead atoms. The first kappa shape index (κ1) is 16.7. The molecule has 2 rings (SSSR count). The maximum absolute atomic E-state index is 11.9. The highest BCUT2D eigenvalue weighted by Crippen LogP contribution is 2.24. The summed E-state index contributed by atoms with van der Waals surface area (Å²) in [5.41, 5.74) is -0.225. The van der Waals surface area contributed by atoms with Gasteiger partial charge >= 0.3 is 0 Å². The Hall–Kier alpha value is -1.71. The van der Waals surface area contributed by atoms with E-state index in [0.717, 1.165) is 11.3 Å². The summed E-state index contributed by atoms with van der Waals surface area (Å²) in [6.07, 6.45) is 0. The van der Waals surface area contributed by atoms with Crippen LogP contribution in [0.5, 0.6) is 0 Å². The third-order valence-electron chi connectivity index (χ3n) is 2.70. The minimum absolute atomic E-state index is 0.164. The van der Waals surface area contributed by atoms with Gasteiger partial charge in [-0.2, -0.15) is 0 Å². The molecule has 1 amide bonds. The average molecular weight is 343 g/mol. The zero-order chi connectivity index (χ0) is 16.4. The number of thiophene rings is 1. The highest BCUT2D eigenvalue weighted by Gasteiger charge is 2.21. The minimum atomic E-state index is -3.66. The molecule has 0 radical (unpaired) electrons. The Morgan fingerprint density at radius 1 is 1.41 bits per heavy atom. The molecule has 0 fully saturated rings. The Kier molecular flexibility index (Phi) is 4.69. The van der Waals surface area contributed by atoms with E-state index < -0.39 is 15.9 Å². The van der Waals surface area contributed by atoms with Gasteiger partial charge in [0.2, 0.25) is 5.91 Å². The largest absolute Gasteiger partial charge is 0.359 e. The predicted molar refractivity (Wildman–Crippen MR) is 83.3 cm³/mol. The van der Waals surface area contributed by atoms with Crippen molar-refractivity contribution in [3.05, 3.63) is 29.3 Å². The highest BCUT2D eigenvalue weighted by atomic mass is 32.2. The molecule has 0 aliphatic heterocycles. The fraction of sp³-hybridized carbons (Fsp3) is 0.385.